The molecule has 0 unspecified atom stereocenters. The van der Waals surface area contributed by atoms with Gasteiger partial charge in [-0.1, -0.05) is 6.07 Å². The van der Waals surface area contributed by atoms with Crippen molar-refractivity contribution in [2.45, 2.75) is 6.54 Å². The molecule has 4 heterocycles. The summed E-state index contributed by atoms with van der Waals surface area (Å²) in [5, 5.41) is 12.5. The third kappa shape index (κ3) is 2.86. The standard InChI is InChI=1S/C15H10N4O2S2/c20-13-4-3-10(14-18-16-9-21-14)6-19(13)7-11-8-23-15(17-11)12-2-1-5-22-12/h1-6,8-9H,7H2. The number of hydrogen-bond acceptors (Lipinski definition) is 7. The first kappa shape index (κ1) is 14.0. The van der Waals surface area contributed by atoms with Crippen LogP contribution in [-0.2, 0) is 6.54 Å². The number of pyridine rings is 1. The maximum absolute atomic E-state index is 12.1. The average Bonchev–Trinajstić information content (AvgIpc) is 3.32. The minimum atomic E-state index is -0.0982. The zero-order chi connectivity index (χ0) is 15.6. The van der Waals surface area contributed by atoms with Gasteiger partial charge in [-0.2, -0.15) is 0 Å². The van der Waals surface area contributed by atoms with Gasteiger partial charge in [-0.15, -0.1) is 32.9 Å². The highest BCUT2D eigenvalue weighted by Crippen LogP contribution is 2.28. The van der Waals surface area contributed by atoms with Crippen molar-refractivity contribution in [1.82, 2.24) is 19.7 Å². The Morgan fingerprint density at radius 3 is 2.96 bits per heavy atom. The van der Waals surface area contributed by atoms with Crippen LogP contribution in [0.5, 0.6) is 0 Å². The van der Waals surface area contributed by atoms with E-state index in [-0.39, 0.29) is 5.56 Å². The molecule has 0 amide bonds. The zero-order valence-corrected chi connectivity index (χ0v) is 13.4. The summed E-state index contributed by atoms with van der Waals surface area (Å²) >= 11 is 3.23. The van der Waals surface area contributed by atoms with Gasteiger partial charge in [-0.25, -0.2) is 4.98 Å². The Morgan fingerprint density at radius 2 is 2.17 bits per heavy atom. The number of thiazole rings is 1. The molecule has 4 aromatic rings. The van der Waals surface area contributed by atoms with E-state index in [0.717, 1.165) is 15.6 Å². The molecule has 4 aromatic heterocycles. The molecule has 6 nitrogen and oxygen atoms in total. The lowest BCUT2D eigenvalue weighted by atomic mass is 10.3. The molecule has 0 aromatic carbocycles. The minimum absolute atomic E-state index is 0.0982. The quantitative estimate of drug-likeness (QED) is 0.570. The van der Waals surface area contributed by atoms with Gasteiger partial charge >= 0.3 is 0 Å². The normalized spacial score (nSPS) is 11.0. The second-order valence-electron chi connectivity index (χ2n) is 4.75. The maximum atomic E-state index is 12.1. The molecule has 114 valence electrons. The van der Waals surface area contributed by atoms with Crippen LogP contribution in [0, 0.1) is 0 Å². The molecule has 0 bridgehead atoms. The fourth-order valence-electron chi connectivity index (χ4n) is 2.15. The Balaban J connectivity index is 1.64. The topological polar surface area (TPSA) is 73.8 Å². The fraction of sp³-hybridized carbons (Fsp3) is 0.0667. The van der Waals surface area contributed by atoms with Gasteiger partial charge in [-0.05, 0) is 17.5 Å². The van der Waals surface area contributed by atoms with E-state index in [0.29, 0.717) is 18.0 Å². The largest absolute Gasteiger partial charge is 0.423 e. The third-order valence-electron chi connectivity index (χ3n) is 3.21. The van der Waals surface area contributed by atoms with E-state index in [1.165, 1.54) is 12.5 Å². The number of thiophene rings is 1. The van der Waals surface area contributed by atoms with Crippen molar-refractivity contribution in [3.63, 3.8) is 0 Å². The minimum Gasteiger partial charge on any atom is -0.423 e. The fourth-order valence-corrected chi connectivity index (χ4v) is 3.77. The van der Waals surface area contributed by atoms with E-state index < -0.39 is 0 Å². The van der Waals surface area contributed by atoms with Crippen molar-refractivity contribution in [3.8, 4) is 21.3 Å². The number of nitrogens with zero attached hydrogens (tertiary/aromatic N) is 4. The molecule has 0 saturated heterocycles. The first-order valence-electron chi connectivity index (χ1n) is 6.75. The summed E-state index contributed by atoms with van der Waals surface area (Å²) < 4.78 is 6.76. The Hall–Kier alpha value is -2.58. The molecule has 4 rings (SSSR count). The highest BCUT2D eigenvalue weighted by Gasteiger charge is 2.09. The maximum Gasteiger partial charge on any atom is 0.250 e. The lowest BCUT2D eigenvalue weighted by Crippen LogP contribution is -2.19. The molecule has 0 aliphatic rings. The van der Waals surface area contributed by atoms with Gasteiger partial charge in [0.2, 0.25) is 12.3 Å². The average molecular weight is 342 g/mol. The Bertz CT molecular complexity index is 971. The van der Waals surface area contributed by atoms with Crippen LogP contribution >= 0.6 is 22.7 Å². The highest BCUT2D eigenvalue weighted by molar-refractivity contribution is 7.20. The van der Waals surface area contributed by atoms with E-state index in [9.17, 15) is 4.79 Å². The second-order valence-corrected chi connectivity index (χ2v) is 6.55. The Labute approximate surface area is 138 Å². The second kappa shape index (κ2) is 5.90. The highest BCUT2D eigenvalue weighted by atomic mass is 32.1. The molecule has 23 heavy (non-hydrogen) atoms. The van der Waals surface area contributed by atoms with Gasteiger partial charge in [0.25, 0.3) is 5.56 Å². The van der Waals surface area contributed by atoms with Crippen LogP contribution in [0.3, 0.4) is 0 Å². The van der Waals surface area contributed by atoms with Crippen LogP contribution < -0.4 is 5.56 Å². The molecular formula is C15H10N4O2S2. The monoisotopic (exact) mass is 342 g/mol. The van der Waals surface area contributed by atoms with E-state index in [1.807, 2.05) is 22.9 Å². The molecule has 0 fully saturated rings. The lowest BCUT2D eigenvalue weighted by molar-refractivity contribution is 0.567. The summed E-state index contributed by atoms with van der Waals surface area (Å²) in [6.45, 7) is 0.405. The SMILES string of the molecule is O=c1ccc(-c2nnco2)cn1Cc1csc(-c2cccs2)n1. The van der Waals surface area contributed by atoms with Crippen molar-refractivity contribution in [3.05, 3.63) is 63.7 Å². The summed E-state index contributed by atoms with van der Waals surface area (Å²) in [7, 11) is 0. The van der Waals surface area contributed by atoms with Gasteiger partial charge in [0.05, 0.1) is 22.7 Å². The third-order valence-corrected chi connectivity index (χ3v) is 5.14. The summed E-state index contributed by atoms with van der Waals surface area (Å²) in [4.78, 5) is 17.8. The zero-order valence-electron chi connectivity index (χ0n) is 11.7. The van der Waals surface area contributed by atoms with Crippen LogP contribution in [0.2, 0.25) is 0 Å². The molecule has 0 spiro atoms. The van der Waals surface area contributed by atoms with Crippen molar-refractivity contribution in [1.29, 1.82) is 0 Å². The number of hydrogen-bond donors (Lipinski definition) is 0. The molecular weight excluding hydrogens is 332 g/mol. The number of rotatable bonds is 4. The van der Waals surface area contributed by atoms with Gasteiger partial charge in [0.1, 0.15) is 5.01 Å². The van der Waals surface area contributed by atoms with Gasteiger partial charge in [-0.3, -0.25) is 4.79 Å². The van der Waals surface area contributed by atoms with Gasteiger partial charge in [0, 0.05) is 17.6 Å². The summed E-state index contributed by atoms with van der Waals surface area (Å²) in [6, 6.07) is 7.20. The molecule has 0 aliphatic heterocycles. The van der Waals surface area contributed by atoms with E-state index in [4.69, 9.17) is 4.42 Å². The van der Waals surface area contributed by atoms with Crippen LogP contribution in [0.15, 0.2) is 56.8 Å². The first-order chi connectivity index (χ1) is 11.3. The Kier molecular flexibility index (Phi) is 3.60. The van der Waals surface area contributed by atoms with E-state index in [1.54, 1.807) is 39.5 Å². The predicted molar refractivity (Wildman–Crippen MR) is 88.5 cm³/mol. The van der Waals surface area contributed by atoms with Gasteiger partial charge in [0.15, 0.2) is 0 Å². The van der Waals surface area contributed by atoms with Crippen LogP contribution in [0.25, 0.3) is 21.3 Å². The first-order valence-corrected chi connectivity index (χ1v) is 8.51. The van der Waals surface area contributed by atoms with E-state index in [2.05, 4.69) is 15.2 Å². The predicted octanol–water partition coefficient (Wildman–Crippen LogP) is 3.13. The van der Waals surface area contributed by atoms with Crippen molar-refractivity contribution in [2.75, 3.05) is 0 Å². The molecule has 0 aliphatic carbocycles. The molecule has 0 atom stereocenters. The van der Waals surface area contributed by atoms with Gasteiger partial charge < -0.3 is 8.98 Å². The molecule has 0 radical (unpaired) electrons. The van der Waals surface area contributed by atoms with Crippen LogP contribution in [0.4, 0.5) is 0 Å². The summed E-state index contributed by atoms with van der Waals surface area (Å²) in [5.74, 6) is 0.385. The smallest absolute Gasteiger partial charge is 0.250 e. The number of aromatic nitrogens is 4. The molecule has 8 heteroatoms. The Morgan fingerprint density at radius 1 is 1.22 bits per heavy atom. The summed E-state index contributed by atoms with van der Waals surface area (Å²) in [6.07, 6.45) is 2.97. The van der Waals surface area contributed by atoms with Crippen LogP contribution in [0.1, 0.15) is 5.69 Å². The summed E-state index contributed by atoms with van der Waals surface area (Å²) in [5.41, 5.74) is 1.46. The molecule has 0 saturated carbocycles. The van der Waals surface area contributed by atoms with Crippen molar-refractivity contribution < 1.29 is 4.42 Å². The van der Waals surface area contributed by atoms with Crippen molar-refractivity contribution in [2.24, 2.45) is 0 Å². The lowest BCUT2D eigenvalue weighted by Gasteiger charge is -2.04. The molecule has 0 N–H and O–H groups in total. The van der Waals surface area contributed by atoms with E-state index >= 15 is 0 Å². The van der Waals surface area contributed by atoms with Crippen LogP contribution in [-0.4, -0.2) is 19.7 Å². The van der Waals surface area contributed by atoms with Crippen molar-refractivity contribution >= 4 is 22.7 Å².